The van der Waals surface area contributed by atoms with Crippen LogP contribution in [0.3, 0.4) is 0 Å². The van der Waals surface area contributed by atoms with Crippen LogP contribution >= 0.6 is 0 Å². The van der Waals surface area contributed by atoms with Crippen molar-refractivity contribution >= 4 is 65.3 Å². The van der Waals surface area contributed by atoms with Gasteiger partial charge in [-0.05, 0) is 86.4 Å². The van der Waals surface area contributed by atoms with Gasteiger partial charge in [0.25, 0.3) is 0 Å². The van der Waals surface area contributed by atoms with E-state index in [1.165, 1.54) is 93.2 Å². The van der Waals surface area contributed by atoms with E-state index in [2.05, 4.69) is 158 Å². The van der Waals surface area contributed by atoms with Crippen molar-refractivity contribution in [1.82, 2.24) is 4.57 Å². The first-order valence-electron chi connectivity index (χ1n) is 16.4. The number of hydrogen-bond donors (Lipinski definition) is 0. The van der Waals surface area contributed by atoms with E-state index in [1.807, 2.05) is 0 Å². The lowest BCUT2D eigenvalue weighted by atomic mass is 9.82. The van der Waals surface area contributed by atoms with Crippen molar-refractivity contribution in [2.75, 3.05) is 0 Å². The average molecular weight is 600 g/mol. The standard InChI is InChI=1S/C45H29NO/c1-45(2)35-18-8-5-13-27(35)33-24-34-29-15-7-10-20-38(29)46(39(34)25-36(33)45)37-19-9-6-14-28(37)32-22-23-41-44-42(32)30-16-4-3-12-26(30)31-17-11-21-40(47-41)43(31)44/h3-25H,1-2H3. The molecular formula is C45H29NO. The van der Waals surface area contributed by atoms with E-state index >= 15 is 0 Å². The number of hydrogen-bond acceptors (Lipinski definition) is 1. The summed E-state index contributed by atoms with van der Waals surface area (Å²) in [6.45, 7) is 4.73. The Hall–Kier alpha value is -5.86. The first-order valence-corrected chi connectivity index (χ1v) is 16.4. The fraction of sp³-hybridized carbons (Fsp3) is 0.0667. The molecular weight excluding hydrogens is 571 g/mol. The number of rotatable bonds is 2. The lowest BCUT2D eigenvalue weighted by Crippen LogP contribution is -2.15. The van der Waals surface area contributed by atoms with Crippen LogP contribution < -0.4 is 0 Å². The highest BCUT2D eigenvalue weighted by Crippen LogP contribution is 2.52. The Morgan fingerprint density at radius 3 is 2.00 bits per heavy atom. The van der Waals surface area contributed by atoms with Crippen LogP contribution in [-0.4, -0.2) is 4.57 Å². The maximum absolute atomic E-state index is 6.48. The number of benzene rings is 8. The molecule has 220 valence electrons. The van der Waals surface area contributed by atoms with E-state index in [1.54, 1.807) is 0 Å². The maximum Gasteiger partial charge on any atom is 0.136 e. The van der Waals surface area contributed by atoms with Gasteiger partial charge in [-0.15, -0.1) is 0 Å². The molecule has 2 aromatic heterocycles. The lowest BCUT2D eigenvalue weighted by molar-refractivity contribution is 0.661. The second-order valence-corrected chi connectivity index (χ2v) is 13.6. The summed E-state index contributed by atoms with van der Waals surface area (Å²) in [6.07, 6.45) is 0. The summed E-state index contributed by atoms with van der Waals surface area (Å²) in [7, 11) is 0. The van der Waals surface area contributed by atoms with E-state index in [0.717, 1.165) is 11.2 Å². The molecule has 0 amide bonds. The molecule has 11 rings (SSSR count). The molecule has 1 aliphatic rings. The Bertz CT molecular complexity index is 2930. The molecule has 0 aliphatic heterocycles. The summed E-state index contributed by atoms with van der Waals surface area (Å²) >= 11 is 0. The second-order valence-electron chi connectivity index (χ2n) is 13.6. The molecule has 0 radical (unpaired) electrons. The molecule has 0 fully saturated rings. The summed E-state index contributed by atoms with van der Waals surface area (Å²) in [5.74, 6) is 0. The van der Waals surface area contributed by atoms with Crippen LogP contribution in [0.5, 0.6) is 0 Å². The van der Waals surface area contributed by atoms with Gasteiger partial charge in [0, 0.05) is 37.9 Å². The predicted molar refractivity (Wildman–Crippen MR) is 197 cm³/mol. The van der Waals surface area contributed by atoms with Crippen LogP contribution in [0.4, 0.5) is 0 Å². The normalized spacial score (nSPS) is 13.9. The van der Waals surface area contributed by atoms with Gasteiger partial charge in [-0.1, -0.05) is 111 Å². The van der Waals surface area contributed by atoms with Gasteiger partial charge in [0.1, 0.15) is 11.2 Å². The third-order valence-electron chi connectivity index (χ3n) is 11.0. The van der Waals surface area contributed by atoms with E-state index in [4.69, 9.17) is 4.42 Å². The number of aromatic nitrogens is 1. The molecule has 8 aromatic carbocycles. The molecule has 0 bridgehead atoms. The summed E-state index contributed by atoms with van der Waals surface area (Å²) in [5.41, 5.74) is 13.3. The molecule has 0 N–H and O–H groups in total. The minimum atomic E-state index is -0.0834. The van der Waals surface area contributed by atoms with Crippen molar-refractivity contribution < 1.29 is 4.42 Å². The summed E-state index contributed by atoms with van der Waals surface area (Å²) < 4.78 is 8.98. The van der Waals surface area contributed by atoms with Crippen LogP contribution in [0.2, 0.25) is 0 Å². The Morgan fingerprint density at radius 1 is 0.426 bits per heavy atom. The molecule has 0 saturated heterocycles. The van der Waals surface area contributed by atoms with Gasteiger partial charge in [-0.3, -0.25) is 0 Å². The Morgan fingerprint density at radius 2 is 1.11 bits per heavy atom. The number of para-hydroxylation sites is 2. The minimum absolute atomic E-state index is 0.0834. The molecule has 47 heavy (non-hydrogen) atoms. The predicted octanol–water partition coefficient (Wildman–Crippen LogP) is 12.4. The van der Waals surface area contributed by atoms with Crippen molar-refractivity contribution in [2.45, 2.75) is 19.3 Å². The Labute approximate surface area is 271 Å². The smallest absolute Gasteiger partial charge is 0.136 e. The van der Waals surface area contributed by atoms with Gasteiger partial charge in [0.2, 0.25) is 0 Å². The molecule has 10 aromatic rings. The van der Waals surface area contributed by atoms with Gasteiger partial charge < -0.3 is 8.98 Å². The van der Waals surface area contributed by atoms with Crippen LogP contribution in [0, 0.1) is 0 Å². The fourth-order valence-corrected chi connectivity index (χ4v) is 8.89. The van der Waals surface area contributed by atoms with Crippen molar-refractivity contribution in [3.05, 3.63) is 151 Å². The van der Waals surface area contributed by atoms with Gasteiger partial charge in [-0.25, -0.2) is 0 Å². The highest BCUT2D eigenvalue weighted by Gasteiger charge is 2.36. The zero-order valence-electron chi connectivity index (χ0n) is 26.1. The SMILES string of the molecule is CC1(C)c2ccccc2-c2cc3c4ccccc4n(-c4ccccc4-c4ccc5oc6cccc7c8ccccc8c4c5c67)c3cc21. The minimum Gasteiger partial charge on any atom is -0.456 e. The number of furan rings is 1. The molecule has 1 aliphatic carbocycles. The third-order valence-corrected chi connectivity index (χ3v) is 11.0. The summed E-state index contributed by atoms with van der Waals surface area (Å²) in [4.78, 5) is 0. The highest BCUT2D eigenvalue weighted by atomic mass is 16.3. The zero-order valence-corrected chi connectivity index (χ0v) is 26.1. The number of nitrogens with zero attached hydrogens (tertiary/aromatic N) is 1. The Kier molecular flexibility index (Phi) is 4.68. The first kappa shape index (κ1) is 25.3. The van der Waals surface area contributed by atoms with Crippen molar-refractivity contribution in [2.24, 2.45) is 0 Å². The Balaban J connectivity index is 1.27. The van der Waals surface area contributed by atoms with Gasteiger partial charge in [-0.2, -0.15) is 0 Å². The first-order chi connectivity index (χ1) is 23.1. The van der Waals surface area contributed by atoms with Crippen LogP contribution in [0.25, 0.3) is 93.2 Å². The van der Waals surface area contributed by atoms with Gasteiger partial charge in [0.15, 0.2) is 0 Å². The largest absolute Gasteiger partial charge is 0.456 e. The third kappa shape index (κ3) is 3.10. The number of fused-ring (bicyclic) bond motifs is 9. The van der Waals surface area contributed by atoms with E-state index in [9.17, 15) is 0 Å². The highest BCUT2D eigenvalue weighted by molar-refractivity contribution is 6.35. The maximum atomic E-state index is 6.48. The van der Waals surface area contributed by atoms with E-state index in [-0.39, 0.29) is 5.41 Å². The van der Waals surface area contributed by atoms with Crippen LogP contribution in [0.1, 0.15) is 25.0 Å². The lowest BCUT2D eigenvalue weighted by Gasteiger charge is -2.22. The van der Waals surface area contributed by atoms with E-state index < -0.39 is 0 Å². The quantitative estimate of drug-likeness (QED) is 0.181. The molecule has 0 spiro atoms. The monoisotopic (exact) mass is 599 g/mol. The van der Waals surface area contributed by atoms with Crippen molar-refractivity contribution in [1.29, 1.82) is 0 Å². The topological polar surface area (TPSA) is 18.1 Å². The van der Waals surface area contributed by atoms with Crippen LogP contribution in [0.15, 0.2) is 144 Å². The molecule has 0 atom stereocenters. The van der Waals surface area contributed by atoms with Gasteiger partial charge in [0.05, 0.1) is 16.7 Å². The summed E-state index contributed by atoms with van der Waals surface area (Å²) in [5, 5.41) is 9.99. The van der Waals surface area contributed by atoms with Crippen molar-refractivity contribution in [3.63, 3.8) is 0 Å². The molecule has 0 unspecified atom stereocenters. The summed E-state index contributed by atoms with van der Waals surface area (Å²) in [6, 6.07) is 51.4. The fourth-order valence-electron chi connectivity index (χ4n) is 8.89. The van der Waals surface area contributed by atoms with Gasteiger partial charge >= 0.3 is 0 Å². The molecule has 2 heteroatoms. The van der Waals surface area contributed by atoms with E-state index in [0.29, 0.717) is 0 Å². The molecule has 0 saturated carbocycles. The van der Waals surface area contributed by atoms with Crippen LogP contribution in [-0.2, 0) is 5.41 Å². The zero-order chi connectivity index (χ0) is 31.0. The average Bonchev–Trinajstić information content (AvgIpc) is 3.73. The molecule has 2 nitrogen and oxygen atoms in total. The second kappa shape index (κ2) is 8.69. The van der Waals surface area contributed by atoms with Crippen molar-refractivity contribution in [3.8, 4) is 27.9 Å². The molecule has 2 heterocycles.